The van der Waals surface area contributed by atoms with E-state index in [0.29, 0.717) is 0 Å². The van der Waals surface area contributed by atoms with Gasteiger partial charge in [-0.1, -0.05) is 48.5 Å². The molecule has 0 saturated carbocycles. The van der Waals surface area contributed by atoms with Gasteiger partial charge < -0.3 is 25.2 Å². The highest BCUT2D eigenvalue weighted by atomic mass is 16.5. The Morgan fingerprint density at radius 1 is 0.939 bits per heavy atom. The van der Waals surface area contributed by atoms with Gasteiger partial charge in [0, 0.05) is 18.4 Å². The van der Waals surface area contributed by atoms with Crippen molar-refractivity contribution in [3.8, 4) is 11.1 Å². The monoisotopic (exact) mass is 454 g/mol. The number of rotatable bonds is 9. The molecule has 3 rings (SSSR count). The molecule has 0 bridgehead atoms. The van der Waals surface area contributed by atoms with Gasteiger partial charge in [0.05, 0.1) is 13.5 Å². The minimum Gasteiger partial charge on any atom is -0.480 e. The summed E-state index contributed by atoms with van der Waals surface area (Å²) in [5, 5.41) is 14.0. The third kappa shape index (κ3) is 5.88. The fourth-order valence-electron chi connectivity index (χ4n) is 3.87. The number of carbonyl (C=O) groups excluding carboxylic acids is 3. The van der Waals surface area contributed by atoms with E-state index in [-0.39, 0.29) is 18.9 Å². The summed E-state index contributed by atoms with van der Waals surface area (Å²) in [6, 6.07) is 13.9. The first-order valence-electron chi connectivity index (χ1n) is 10.5. The second-order valence-electron chi connectivity index (χ2n) is 7.81. The van der Waals surface area contributed by atoms with Gasteiger partial charge in [-0.3, -0.25) is 9.59 Å². The first-order valence-corrected chi connectivity index (χ1v) is 10.5. The Hall–Kier alpha value is -3.88. The van der Waals surface area contributed by atoms with Crippen molar-refractivity contribution < 1.29 is 33.8 Å². The predicted molar refractivity (Wildman–Crippen MR) is 118 cm³/mol. The van der Waals surface area contributed by atoms with Gasteiger partial charge >= 0.3 is 18.0 Å². The molecule has 3 N–H and O–H groups in total. The van der Waals surface area contributed by atoms with Crippen LogP contribution in [0.15, 0.2) is 48.5 Å². The van der Waals surface area contributed by atoms with Crippen molar-refractivity contribution in [3.05, 3.63) is 59.7 Å². The maximum atomic E-state index is 12.3. The molecule has 174 valence electrons. The van der Waals surface area contributed by atoms with Crippen LogP contribution >= 0.6 is 0 Å². The quantitative estimate of drug-likeness (QED) is 0.496. The molecule has 1 aliphatic carbocycles. The van der Waals surface area contributed by atoms with Crippen LogP contribution in [0.1, 0.15) is 36.8 Å². The van der Waals surface area contributed by atoms with Gasteiger partial charge in [0.15, 0.2) is 0 Å². The molecule has 2 amide bonds. The van der Waals surface area contributed by atoms with Crippen LogP contribution in [0, 0.1) is 0 Å². The van der Waals surface area contributed by atoms with E-state index in [0.717, 1.165) is 29.4 Å². The molecule has 0 radical (unpaired) electrons. The van der Waals surface area contributed by atoms with E-state index in [1.807, 2.05) is 48.5 Å². The van der Waals surface area contributed by atoms with E-state index in [1.165, 1.54) is 0 Å². The molecule has 9 heteroatoms. The predicted octanol–water partition coefficient (Wildman–Crippen LogP) is 2.44. The highest BCUT2D eigenvalue weighted by Gasteiger charge is 2.29. The van der Waals surface area contributed by atoms with E-state index >= 15 is 0 Å². The number of fused-ring (bicyclic) bond motifs is 3. The van der Waals surface area contributed by atoms with Gasteiger partial charge in [-0.2, -0.15) is 0 Å². The number of carboxylic acid groups (broad SMARTS) is 1. The molecule has 0 saturated heterocycles. The number of amides is 2. The average molecular weight is 454 g/mol. The van der Waals surface area contributed by atoms with Crippen LogP contribution in [0.2, 0.25) is 0 Å². The summed E-state index contributed by atoms with van der Waals surface area (Å²) in [5.41, 5.74) is 4.41. The fraction of sp³-hybridized carbons (Fsp3) is 0.333. The maximum Gasteiger partial charge on any atom is 0.407 e. The molecular weight excluding hydrogens is 428 g/mol. The molecule has 9 nitrogen and oxygen atoms in total. The minimum atomic E-state index is -1.41. The molecule has 1 unspecified atom stereocenters. The maximum absolute atomic E-state index is 12.3. The lowest BCUT2D eigenvalue weighted by molar-refractivity contribution is -0.148. The molecular formula is C24H26N2O7. The number of ether oxygens (including phenoxy) is 2. The molecule has 1 aliphatic rings. The number of alkyl carbamates (subject to hydrolysis) is 1. The van der Waals surface area contributed by atoms with Gasteiger partial charge in [0.2, 0.25) is 5.91 Å². The van der Waals surface area contributed by atoms with Crippen molar-refractivity contribution in [1.82, 2.24) is 10.6 Å². The third-order valence-electron chi connectivity index (χ3n) is 5.43. The van der Waals surface area contributed by atoms with Crippen molar-refractivity contribution in [1.29, 1.82) is 0 Å². The fourth-order valence-corrected chi connectivity index (χ4v) is 3.87. The number of hydrogen-bond acceptors (Lipinski definition) is 6. The van der Waals surface area contributed by atoms with Crippen LogP contribution < -0.4 is 10.6 Å². The van der Waals surface area contributed by atoms with Gasteiger partial charge in [-0.25, -0.2) is 9.59 Å². The zero-order chi connectivity index (χ0) is 24.0. The van der Waals surface area contributed by atoms with Crippen molar-refractivity contribution in [3.63, 3.8) is 0 Å². The zero-order valence-corrected chi connectivity index (χ0v) is 18.4. The number of benzene rings is 2. The first-order chi connectivity index (χ1) is 15.8. The van der Waals surface area contributed by atoms with Gasteiger partial charge in [-0.05, 0) is 29.2 Å². The highest BCUT2D eigenvalue weighted by Crippen LogP contribution is 2.44. The van der Waals surface area contributed by atoms with Gasteiger partial charge in [0.25, 0.3) is 0 Å². The third-order valence-corrected chi connectivity index (χ3v) is 5.43. The summed E-state index contributed by atoms with van der Waals surface area (Å²) >= 11 is 0. The van der Waals surface area contributed by atoms with Crippen LogP contribution in [0.3, 0.4) is 0 Å². The Morgan fingerprint density at radius 2 is 1.52 bits per heavy atom. The normalized spacial score (nSPS) is 13.8. The summed E-state index contributed by atoms with van der Waals surface area (Å²) < 4.78 is 9.87. The van der Waals surface area contributed by atoms with Crippen molar-refractivity contribution in [2.24, 2.45) is 0 Å². The number of hydrogen-bond donors (Lipinski definition) is 3. The Bertz CT molecular complexity index is 1010. The lowest BCUT2D eigenvalue weighted by atomic mass is 9.98. The Morgan fingerprint density at radius 3 is 2.06 bits per heavy atom. The lowest BCUT2D eigenvalue weighted by Gasteiger charge is -2.18. The second kappa shape index (κ2) is 10.6. The number of carboxylic acids is 1. The average Bonchev–Trinajstić information content (AvgIpc) is 3.10. The van der Waals surface area contributed by atoms with Crippen molar-refractivity contribution in [2.75, 3.05) is 13.7 Å². The van der Waals surface area contributed by atoms with Gasteiger partial charge in [0.1, 0.15) is 12.6 Å². The van der Waals surface area contributed by atoms with Crippen LogP contribution in [0.25, 0.3) is 11.1 Å². The Labute approximate surface area is 191 Å². The SMILES string of the molecule is COC(=O)C[C@@H](NC(=O)CC(C)NC(=O)OCC1c2ccccc2-c2ccccc21)C(=O)O. The van der Waals surface area contributed by atoms with E-state index in [4.69, 9.17) is 9.84 Å². The number of nitrogens with one attached hydrogen (secondary N) is 2. The second-order valence-corrected chi connectivity index (χ2v) is 7.81. The van der Waals surface area contributed by atoms with E-state index in [9.17, 15) is 19.2 Å². The molecule has 0 heterocycles. The highest BCUT2D eigenvalue weighted by molar-refractivity contribution is 5.87. The van der Waals surface area contributed by atoms with Crippen molar-refractivity contribution in [2.45, 2.75) is 37.8 Å². The number of methoxy groups -OCH3 is 1. The topological polar surface area (TPSA) is 131 Å². The Balaban J connectivity index is 1.51. The number of esters is 1. The van der Waals surface area contributed by atoms with Crippen molar-refractivity contribution >= 4 is 23.9 Å². The molecule has 0 aliphatic heterocycles. The molecule has 0 aromatic heterocycles. The lowest BCUT2D eigenvalue weighted by Crippen LogP contribution is -2.45. The Kier molecular flexibility index (Phi) is 7.66. The van der Waals surface area contributed by atoms with E-state index in [1.54, 1.807) is 6.92 Å². The zero-order valence-electron chi connectivity index (χ0n) is 18.4. The van der Waals surface area contributed by atoms with E-state index < -0.39 is 42.4 Å². The van der Waals surface area contributed by atoms with E-state index in [2.05, 4.69) is 15.4 Å². The standard InChI is InChI=1S/C24H26N2O7/c1-14(11-21(27)26-20(23(29)30)12-22(28)32-2)25-24(31)33-13-19-17-9-5-3-7-15(17)16-8-4-6-10-18(16)19/h3-10,14,19-20H,11-13H2,1-2H3,(H,25,31)(H,26,27)(H,29,30)/t14?,20-/m1/s1. The summed E-state index contributed by atoms with van der Waals surface area (Å²) in [6.45, 7) is 1.73. The molecule has 2 aromatic rings. The minimum absolute atomic E-state index is 0.0867. The number of carbonyl (C=O) groups is 4. The molecule has 2 atom stereocenters. The van der Waals surface area contributed by atoms with Gasteiger partial charge in [-0.15, -0.1) is 0 Å². The summed E-state index contributed by atoms with van der Waals surface area (Å²) in [4.78, 5) is 47.0. The van der Waals surface area contributed by atoms with Crippen LogP contribution in [-0.2, 0) is 23.9 Å². The van der Waals surface area contributed by atoms with Crippen LogP contribution in [0.5, 0.6) is 0 Å². The molecule has 0 spiro atoms. The summed E-state index contributed by atoms with van der Waals surface area (Å²) in [7, 11) is 1.13. The largest absolute Gasteiger partial charge is 0.480 e. The molecule has 0 fully saturated rings. The first kappa shape index (κ1) is 23.8. The summed E-state index contributed by atoms with van der Waals surface area (Å²) in [6.07, 6.45) is -1.36. The summed E-state index contributed by atoms with van der Waals surface area (Å²) in [5.74, 6) is -2.83. The molecule has 2 aromatic carbocycles. The molecule has 33 heavy (non-hydrogen) atoms. The smallest absolute Gasteiger partial charge is 0.407 e. The van der Waals surface area contributed by atoms with Crippen LogP contribution in [0.4, 0.5) is 4.79 Å². The van der Waals surface area contributed by atoms with Crippen LogP contribution in [-0.4, -0.2) is 54.8 Å². The number of aliphatic carboxylic acids is 1.